The van der Waals surface area contributed by atoms with Crippen LogP contribution in [0.2, 0.25) is 0 Å². The fraction of sp³-hybridized carbons (Fsp3) is 0.490. The summed E-state index contributed by atoms with van der Waals surface area (Å²) < 4.78 is 36.4. The minimum absolute atomic E-state index is 0.0101. The van der Waals surface area contributed by atoms with Crippen LogP contribution in [0.3, 0.4) is 0 Å². The van der Waals surface area contributed by atoms with Gasteiger partial charge in [-0.05, 0) is 53.0 Å². The number of likely N-dealkylation sites (N-methyl/N-ethyl adjacent to an activating group) is 1. The molecule has 16 nitrogen and oxygen atoms in total. The van der Waals surface area contributed by atoms with Crippen LogP contribution in [0.25, 0.3) is 33.0 Å². The number of methoxy groups -OCH3 is 1. The van der Waals surface area contributed by atoms with E-state index in [-0.39, 0.29) is 55.6 Å². The normalized spacial score (nSPS) is 28.6. The van der Waals surface area contributed by atoms with Gasteiger partial charge in [0.25, 0.3) is 11.7 Å². The van der Waals surface area contributed by atoms with Crippen LogP contribution in [0, 0.1) is 30.6 Å². The number of amides is 1. The lowest BCUT2D eigenvalue weighted by Crippen LogP contribution is -2.46. The van der Waals surface area contributed by atoms with Gasteiger partial charge in [0.2, 0.25) is 0 Å². The first kappa shape index (κ1) is 48.6. The van der Waals surface area contributed by atoms with Crippen molar-refractivity contribution in [1.29, 1.82) is 0 Å². The summed E-state index contributed by atoms with van der Waals surface area (Å²) in [5.41, 5.74) is -0.523. The Labute approximate surface area is 377 Å². The number of ketones is 1. The van der Waals surface area contributed by atoms with E-state index < -0.39 is 82.7 Å². The largest absolute Gasteiger partial charge is 0.505 e. The molecule has 0 unspecified atom stereocenters. The fourth-order valence-electron chi connectivity index (χ4n) is 8.44. The Morgan fingerprint density at radius 3 is 2.38 bits per heavy atom. The van der Waals surface area contributed by atoms with Gasteiger partial charge in [0, 0.05) is 79.8 Å². The second-order valence-corrected chi connectivity index (χ2v) is 17.8. The van der Waals surface area contributed by atoms with Crippen LogP contribution >= 0.6 is 0 Å². The number of hydrogen-bond donors (Lipinski definition) is 4. The summed E-state index contributed by atoms with van der Waals surface area (Å²) in [4.78, 5) is 62.5. The molecule has 16 heteroatoms. The first-order valence-electron chi connectivity index (χ1n) is 21.8. The molecular formula is C49H61N3O13. The minimum Gasteiger partial charge on any atom is -0.505 e. The number of Topliss-reactive ketones (excluding diaryl/α,β-unsaturated/α-hetero) is 1. The third-order valence-corrected chi connectivity index (χ3v) is 12.9. The van der Waals surface area contributed by atoms with Crippen LogP contribution in [0.5, 0.6) is 17.2 Å². The highest BCUT2D eigenvalue weighted by Gasteiger charge is 2.49. The number of ether oxygens (including phenoxy) is 5. The summed E-state index contributed by atoms with van der Waals surface area (Å²) >= 11 is 0. The van der Waals surface area contributed by atoms with Gasteiger partial charge in [-0.15, -0.1) is 0 Å². The molecule has 1 amide bonds. The highest BCUT2D eigenvalue weighted by atomic mass is 16.7. The number of fused-ring (bicyclic) bond motifs is 2. The Balaban J connectivity index is 1.56. The first-order chi connectivity index (χ1) is 30.6. The summed E-state index contributed by atoms with van der Waals surface area (Å²) in [5, 5.41) is 37.5. The second kappa shape index (κ2) is 19.3. The molecule has 4 bridgehead atoms. The monoisotopic (exact) mass is 899 g/mol. The molecule has 2 aliphatic rings. The second-order valence-electron chi connectivity index (χ2n) is 17.8. The molecule has 3 heterocycles. The van der Waals surface area contributed by atoms with Crippen LogP contribution in [0.15, 0.2) is 63.6 Å². The molecule has 9 atom stereocenters. The lowest BCUT2D eigenvalue weighted by molar-refractivity contribution is -0.160. The van der Waals surface area contributed by atoms with Crippen molar-refractivity contribution >= 4 is 56.3 Å². The summed E-state index contributed by atoms with van der Waals surface area (Å²) in [6.07, 6.45) is 3.60. The van der Waals surface area contributed by atoms with E-state index in [1.807, 2.05) is 7.05 Å². The van der Waals surface area contributed by atoms with Crippen molar-refractivity contribution in [2.45, 2.75) is 105 Å². The Hall–Kier alpha value is -5.81. The molecule has 350 valence electrons. The first-order valence-corrected chi connectivity index (χ1v) is 21.8. The molecule has 2 aliphatic heterocycles. The van der Waals surface area contributed by atoms with Gasteiger partial charge in [0.05, 0.1) is 35.5 Å². The van der Waals surface area contributed by atoms with Crippen molar-refractivity contribution in [2.75, 3.05) is 32.6 Å². The van der Waals surface area contributed by atoms with Crippen molar-refractivity contribution in [3.05, 3.63) is 75.7 Å². The molecule has 0 saturated heterocycles. The van der Waals surface area contributed by atoms with Gasteiger partial charge in [-0.25, -0.2) is 4.98 Å². The number of phenolic OH excluding ortho intramolecular Hbond substituents is 1. The lowest BCUT2D eigenvalue weighted by Gasteiger charge is -2.38. The average Bonchev–Trinajstić information content (AvgIpc) is 3.53. The number of esters is 1. The molecule has 0 saturated carbocycles. The number of carbonyl (C=O) groups is 3. The van der Waals surface area contributed by atoms with E-state index in [9.17, 15) is 34.5 Å². The van der Waals surface area contributed by atoms with Crippen molar-refractivity contribution in [2.24, 2.45) is 23.7 Å². The molecule has 0 fully saturated rings. The lowest BCUT2D eigenvalue weighted by atomic mass is 9.78. The zero-order valence-electron chi connectivity index (χ0n) is 39.0. The van der Waals surface area contributed by atoms with Crippen molar-refractivity contribution < 1.29 is 57.8 Å². The van der Waals surface area contributed by atoms with E-state index in [4.69, 9.17) is 33.1 Å². The third kappa shape index (κ3) is 9.48. The van der Waals surface area contributed by atoms with E-state index in [2.05, 4.69) is 24.1 Å². The quantitative estimate of drug-likeness (QED) is 0.0656. The van der Waals surface area contributed by atoms with Gasteiger partial charge in [-0.3, -0.25) is 19.2 Å². The van der Waals surface area contributed by atoms with Crippen molar-refractivity contribution in [3.63, 3.8) is 0 Å². The van der Waals surface area contributed by atoms with E-state index >= 15 is 0 Å². The molecule has 0 aliphatic carbocycles. The van der Waals surface area contributed by atoms with E-state index in [0.717, 1.165) is 0 Å². The number of phenols is 1. The highest BCUT2D eigenvalue weighted by molar-refractivity contribution is 6.26. The van der Waals surface area contributed by atoms with Gasteiger partial charge in [-0.1, -0.05) is 45.9 Å². The van der Waals surface area contributed by atoms with Crippen LogP contribution in [-0.2, 0) is 23.8 Å². The third-order valence-electron chi connectivity index (χ3n) is 12.9. The zero-order valence-corrected chi connectivity index (χ0v) is 39.0. The number of aliphatic hydroxyl groups excluding tert-OH is 2. The Morgan fingerprint density at radius 1 is 1.02 bits per heavy atom. The van der Waals surface area contributed by atoms with E-state index in [0.29, 0.717) is 30.5 Å². The molecule has 65 heavy (non-hydrogen) atoms. The number of hydrogen-bond acceptors (Lipinski definition) is 15. The van der Waals surface area contributed by atoms with Gasteiger partial charge in [-0.2, -0.15) is 0 Å². The van der Waals surface area contributed by atoms with Crippen LogP contribution in [0.4, 0.5) is 5.69 Å². The van der Waals surface area contributed by atoms with Crippen molar-refractivity contribution in [3.8, 4) is 17.2 Å². The van der Waals surface area contributed by atoms with Crippen LogP contribution < -0.4 is 20.2 Å². The predicted octanol–water partition coefficient (Wildman–Crippen LogP) is 6.72. The number of aromatic hydroxyl groups is 1. The number of allylic oxidation sites excluding steroid dienone is 2. The summed E-state index contributed by atoms with van der Waals surface area (Å²) in [6.45, 7) is 17.8. The summed E-state index contributed by atoms with van der Waals surface area (Å²) in [6, 6.07) is 5.32. The smallest absolute Gasteiger partial charge is 0.312 e. The number of nitrogens with zero attached hydrogens (tertiary/aromatic N) is 2. The molecule has 0 radical (unpaired) electrons. The van der Waals surface area contributed by atoms with Crippen LogP contribution in [0.1, 0.15) is 78.2 Å². The molecule has 0 spiro atoms. The zero-order chi connectivity index (χ0) is 47.8. The number of carbonyl (C=O) groups excluding carboxylic acids is 3. The van der Waals surface area contributed by atoms with Crippen LogP contribution in [-0.4, -0.2) is 106 Å². The number of aliphatic hydroxyl groups is 2. The summed E-state index contributed by atoms with van der Waals surface area (Å²) in [5.74, 6) is -6.80. The van der Waals surface area contributed by atoms with Crippen molar-refractivity contribution in [1.82, 2.24) is 9.88 Å². The Morgan fingerprint density at radius 2 is 1.72 bits per heavy atom. The standard InChI is InChI=1S/C49H61N3O13/c1-23(2)52(11)19-21-61-31-16-17-32-34(22-31)64-46-38(50-32)35-36-42(56)29(8)45-37(35)47(58)49(10,65-45)62-20-18-33(60-12)26(5)44(63-30(9)53)28(7)41(55)27(6)40(54)24(3)14-13-15-25(4)48(59)51-39(46)43(36)57/h13-18,20,22-24,26-28,33,40-41,44,54-55,57H,19,21H2,1-12H3,(H,51,59)/b14-13+,20-18+,25-15-/t24-,26+,27+,28+,33-,40-,41+,44+,49-/m0/s1. The number of nitrogens with one attached hydrogen (secondary N) is 1. The Kier molecular flexibility index (Phi) is 14.5. The molecular weight excluding hydrogens is 839 g/mol. The number of aromatic nitrogens is 1. The molecule has 4 N–H and O–H groups in total. The maximum Gasteiger partial charge on any atom is 0.312 e. The average molecular weight is 900 g/mol. The maximum atomic E-state index is 14.7. The fourth-order valence-corrected chi connectivity index (χ4v) is 8.44. The maximum absolute atomic E-state index is 14.7. The van der Waals surface area contributed by atoms with Gasteiger partial charge < -0.3 is 53.6 Å². The van der Waals surface area contributed by atoms with Gasteiger partial charge >= 0.3 is 11.8 Å². The minimum atomic E-state index is -2.05. The number of benzene rings is 3. The molecule has 4 aromatic rings. The van der Waals surface area contributed by atoms with Gasteiger partial charge in [0.1, 0.15) is 40.9 Å². The molecule has 3 aromatic carbocycles. The SMILES string of the molecule is CO[C@H]1/C=C/O[C@@]2(C)Oc3c(C)c(=O)c4c(O)c(c5oc6cc(OCCN(C)C(C)C)ccc6nc5c4c3C2=O)NC(=O)/C(C)=C\C=C\[C@H](C)[C@H](O)[C@@H](C)[C@@H](O)[C@@H](C)[C@H](OC(C)=O)[C@@H]1C. The van der Waals surface area contributed by atoms with E-state index in [1.54, 1.807) is 58.0 Å². The predicted molar refractivity (Wildman–Crippen MR) is 245 cm³/mol. The Bertz CT molecular complexity index is 2650. The molecule has 1 aromatic heterocycles. The van der Waals surface area contributed by atoms with Gasteiger partial charge in [0.15, 0.2) is 22.3 Å². The summed E-state index contributed by atoms with van der Waals surface area (Å²) in [7, 11) is 3.44. The highest BCUT2D eigenvalue weighted by Crippen LogP contribution is 2.48. The number of anilines is 1. The topological polar surface area (TPSA) is 216 Å². The number of rotatable bonds is 7. The molecule has 6 rings (SSSR count). The van der Waals surface area contributed by atoms with E-state index in [1.165, 1.54) is 53.2 Å².